The van der Waals surface area contributed by atoms with Crippen LogP contribution in [0.1, 0.15) is 28.8 Å². The highest BCUT2D eigenvalue weighted by Gasteiger charge is 2.34. The van der Waals surface area contributed by atoms with Gasteiger partial charge < -0.3 is 20.4 Å². The normalized spacial score (nSPS) is 24.7. The Balaban J connectivity index is 1.92. The van der Waals surface area contributed by atoms with E-state index >= 15 is 0 Å². The summed E-state index contributed by atoms with van der Waals surface area (Å²) in [7, 11) is 0. The Morgan fingerprint density at radius 3 is 2.81 bits per heavy atom. The summed E-state index contributed by atoms with van der Waals surface area (Å²) in [6.07, 6.45) is 1.33. The van der Waals surface area contributed by atoms with E-state index in [4.69, 9.17) is 0 Å². The number of nitrogens with zero attached hydrogens (tertiary/aromatic N) is 1. The molecule has 2 aliphatic rings. The van der Waals surface area contributed by atoms with Crippen molar-refractivity contribution in [1.82, 2.24) is 5.32 Å². The molecule has 1 amide bonds. The van der Waals surface area contributed by atoms with Crippen molar-refractivity contribution >= 4 is 17.6 Å². The number of carboxylic acid groups (broad SMARTS) is 1. The van der Waals surface area contributed by atoms with Crippen LogP contribution in [0, 0.1) is 0 Å². The molecule has 0 saturated carbocycles. The number of anilines is 1. The van der Waals surface area contributed by atoms with Gasteiger partial charge in [-0.05, 0) is 37.0 Å². The number of rotatable bonds is 2. The fourth-order valence-electron chi connectivity index (χ4n) is 3.15. The molecular weight excluding hydrogens is 272 g/mol. The lowest BCUT2D eigenvalue weighted by atomic mass is 9.95. The number of fused-ring (bicyclic) bond motifs is 1. The van der Waals surface area contributed by atoms with Crippen molar-refractivity contribution in [3.05, 3.63) is 29.3 Å². The number of aliphatic hydroxyl groups is 1. The first kappa shape index (κ1) is 14.0. The summed E-state index contributed by atoms with van der Waals surface area (Å²) < 4.78 is 0. The molecule has 2 heterocycles. The minimum Gasteiger partial charge on any atom is -0.478 e. The van der Waals surface area contributed by atoms with Crippen LogP contribution in [0.25, 0.3) is 0 Å². The Morgan fingerprint density at radius 1 is 1.33 bits per heavy atom. The number of nitrogens with one attached hydrogen (secondary N) is 1. The lowest BCUT2D eigenvalue weighted by molar-refractivity contribution is -0.120. The predicted molar refractivity (Wildman–Crippen MR) is 76.5 cm³/mol. The topological polar surface area (TPSA) is 89.9 Å². The molecule has 6 heteroatoms. The summed E-state index contributed by atoms with van der Waals surface area (Å²) >= 11 is 0. The van der Waals surface area contributed by atoms with Gasteiger partial charge in [-0.1, -0.05) is 6.07 Å². The molecule has 2 unspecified atom stereocenters. The van der Waals surface area contributed by atoms with Gasteiger partial charge in [-0.3, -0.25) is 4.79 Å². The second-order valence-corrected chi connectivity index (χ2v) is 5.55. The largest absolute Gasteiger partial charge is 0.478 e. The van der Waals surface area contributed by atoms with Gasteiger partial charge in [0.15, 0.2) is 0 Å². The smallest absolute Gasteiger partial charge is 0.336 e. The minimum absolute atomic E-state index is 0.0879. The molecule has 112 valence electrons. The average Bonchev–Trinajstić information content (AvgIpc) is 2.91. The number of benzene rings is 1. The molecule has 3 rings (SSSR count). The number of hydrogen-bond acceptors (Lipinski definition) is 4. The zero-order valence-corrected chi connectivity index (χ0v) is 11.6. The molecule has 0 radical (unpaired) electrons. The molecule has 1 aromatic carbocycles. The fourth-order valence-corrected chi connectivity index (χ4v) is 3.15. The van der Waals surface area contributed by atoms with Crippen LogP contribution in [0.4, 0.5) is 5.69 Å². The van der Waals surface area contributed by atoms with Crippen LogP contribution in [0.2, 0.25) is 0 Å². The summed E-state index contributed by atoms with van der Waals surface area (Å²) in [5.74, 6) is -1.05. The number of carboxylic acids is 1. The molecule has 2 atom stereocenters. The third-order valence-corrected chi connectivity index (χ3v) is 4.15. The van der Waals surface area contributed by atoms with Gasteiger partial charge in [0.2, 0.25) is 5.91 Å². The van der Waals surface area contributed by atoms with Gasteiger partial charge in [0.1, 0.15) is 0 Å². The summed E-state index contributed by atoms with van der Waals surface area (Å²) in [5.41, 5.74) is 1.68. The maximum atomic E-state index is 12.6. The average molecular weight is 290 g/mol. The first-order chi connectivity index (χ1) is 10.1. The quantitative estimate of drug-likeness (QED) is 0.733. The zero-order chi connectivity index (χ0) is 15.0. The molecule has 0 spiro atoms. The predicted octanol–water partition coefficient (Wildman–Crippen LogP) is 0.387. The van der Waals surface area contributed by atoms with Crippen molar-refractivity contribution in [3.63, 3.8) is 0 Å². The maximum Gasteiger partial charge on any atom is 0.336 e. The number of aromatic carboxylic acids is 1. The number of aliphatic hydroxyl groups excluding tert-OH is 1. The van der Waals surface area contributed by atoms with E-state index in [0.29, 0.717) is 31.6 Å². The fraction of sp³-hybridized carbons (Fsp3) is 0.467. The first-order valence-electron chi connectivity index (χ1n) is 7.16. The van der Waals surface area contributed by atoms with Crippen molar-refractivity contribution in [2.75, 3.05) is 18.0 Å². The number of β-amino-alcohol motifs (C(OH)–C–C–N with tert-alkyl or cyclic N) is 1. The van der Waals surface area contributed by atoms with Crippen molar-refractivity contribution in [3.8, 4) is 0 Å². The standard InChI is InChI=1S/C15H18N2O4/c18-9-7-12(16-8-9)14(19)17-6-2-4-10-11(15(20)21)3-1-5-13(10)17/h1,3,5,9,12,16,18H,2,4,6-8H2,(H,20,21). The SMILES string of the molecule is O=C(O)c1cccc2c1CCCN2C(=O)C1CC(O)CN1. The molecule has 2 aliphatic heterocycles. The maximum absolute atomic E-state index is 12.6. The van der Waals surface area contributed by atoms with E-state index in [0.717, 1.165) is 12.0 Å². The monoisotopic (exact) mass is 290 g/mol. The molecule has 0 bridgehead atoms. The van der Waals surface area contributed by atoms with Gasteiger partial charge in [0.05, 0.1) is 17.7 Å². The number of amides is 1. The van der Waals surface area contributed by atoms with Crippen molar-refractivity contribution in [1.29, 1.82) is 0 Å². The summed E-state index contributed by atoms with van der Waals surface area (Å²) in [4.78, 5) is 25.5. The minimum atomic E-state index is -0.962. The molecule has 1 fully saturated rings. The second kappa shape index (κ2) is 5.46. The molecule has 0 aromatic heterocycles. The van der Waals surface area contributed by atoms with Crippen molar-refractivity contribution in [2.45, 2.75) is 31.4 Å². The Hall–Kier alpha value is -1.92. The molecule has 1 aromatic rings. The van der Waals surface area contributed by atoms with Crippen LogP contribution >= 0.6 is 0 Å². The Kier molecular flexibility index (Phi) is 3.65. The van der Waals surface area contributed by atoms with Gasteiger partial charge in [-0.25, -0.2) is 4.79 Å². The van der Waals surface area contributed by atoms with E-state index in [9.17, 15) is 19.8 Å². The molecular formula is C15H18N2O4. The molecule has 3 N–H and O–H groups in total. The Morgan fingerprint density at radius 2 is 2.14 bits per heavy atom. The molecule has 1 saturated heterocycles. The number of hydrogen-bond donors (Lipinski definition) is 3. The lowest BCUT2D eigenvalue weighted by Gasteiger charge is -2.32. The van der Waals surface area contributed by atoms with Gasteiger partial charge in [0.25, 0.3) is 0 Å². The lowest BCUT2D eigenvalue weighted by Crippen LogP contribution is -2.46. The molecule has 0 aliphatic carbocycles. The summed E-state index contributed by atoms with van der Waals surface area (Å²) in [5, 5.41) is 21.8. The van der Waals surface area contributed by atoms with E-state index in [2.05, 4.69) is 5.32 Å². The zero-order valence-electron chi connectivity index (χ0n) is 11.6. The molecule has 6 nitrogen and oxygen atoms in total. The third-order valence-electron chi connectivity index (χ3n) is 4.15. The van der Waals surface area contributed by atoms with E-state index in [1.54, 1.807) is 23.1 Å². The van der Waals surface area contributed by atoms with E-state index < -0.39 is 12.1 Å². The highest BCUT2D eigenvalue weighted by Crippen LogP contribution is 2.31. The number of carbonyl (C=O) groups excluding carboxylic acids is 1. The molecule has 21 heavy (non-hydrogen) atoms. The third kappa shape index (κ3) is 2.52. The number of carbonyl (C=O) groups is 2. The van der Waals surface area contributed by atoms with E-state index in [1.165, 1.54) is 0 Å². The van der Waals surface area contributed by atoms with Crippen LogP contribution in [0.5, 0.6) is 0 Å². The summed E-state index contributed by atoms with van der Waals surface area (Å²) in [6.45, 7) is 1.01. The van der Waals surface area contributed by atoms with Gasteiger partial charge in [0, 0.05) is 18.8 Å². The van der Waals surface area contributed by atoms with Crippen molar-refractivity contribution < 1.29 is 19.8 Å². The van der Waals surface area contributed by atoms with Gasteiger partial charge in [-0.15, -0.1) is 0 Å². The van der Waals surface area contributed by atoms with Gasteiger partial charge >= 0.3 is 5.97 Å². The van der Waals surface area contributed by atoms with E-state index in [1.807, 2.05) is 0 Å². The van der Waals surface area contributed by atoms with Crippen molar-refractivity contribution in [2.24, 2.45) is 0 Å². The summed E-state index contributed by atoms with van der Waals surface area (Å²) in [6, 6.07) is 4.65. The Bertz CT molecular complexity index is 587. The second-order valence-electron chi connectivity index (χ2n) is 5.55. The Labute approximate surface area is 122 Å². The van der Waals surface area contributed by atoms with Crippen LogP contribution in [-0.4, -0.2) is 47.3 Å². The highest BCUT2D eigenvalue weighted by atomic mass is 16.4. The van der Waals surface area contributed by atoms with Crippen LogP contribution in [0.15, 0.2) is 18.2 Å². The van der Waals surface area contributed by atoms with Gasteiger partial charge in [-0.2, -0.15) is 0 Å². The highest BCUT2D eigenvalue weighted by molar-refractivity contribution is 6.00. The van der Waals surface area contributed by atoms with Crippen LogP contribution in [0.3, 0.4) is 0 Å². The van der Waals surface area contributed by atoms with Crippen LogP contribution < -0.4 is 10.2 Å². The van der Waals surface area contributed by atoms with Crippen LogP contribution in [-0.2, 0) is 11.2 Å². The first-order valence-corrected chi connectivity index (χ1v) is 7.16. The van der Waals surface area contributed by atoms with E-state index in [-0.39, 0.29) is 17.5 Å².